The lowest BCUT2D eigenvalue weighted by Crippen LogP contribution is -2.22. The Morgan fingerprint density at radius 2 is 0.949 bits per heavy atom. The van der Waals surface area contributed by atoms with Gasteiger partial charge in [0.05, 0.1) is 7.11 Å². The molecule has 0 saturated heterocycles. The van der Waals surface area contributed by atoms with E-state index in [1.54, 1.807) is 67.8 Å². The Morgan fingerprint density at radius 3 is 1.33 bits per heavy atom. The van der Waals surface area contributed by atoms with Gasteiger partial charge in [0.25, 0.3) is 0 Å². The zero-order valence-corrected chi connectivity index (χ0v) is 22.3. The van der Waals surface area contributed by atoms with Crippen LogP contribution in [0.2, 0.25) is 0 Å². The van der Waals surface area contributed by atoms with Gasteiger partial charge in [0.2, 0.25) is 0 Å². The second-order valence-electron chi connectivity index (χ2n) is 9.03. The zero-order valence-electron chi connectivity index (χ0n) is 22.3. The Labute approximate surface area is 227 Å². The molecule has 4 rings (SSSR count). The first kappa shape index (κ1) is 27.3. The minimum Gasteiger partial charge on any atom is -0.497 e. The predicted molar refractivity (Wildman–Crippen MR) is 147 cm³/mol. The topological polar surface area (TPSA) is 80.3 Å². The molecule has 200 valence electrons. The molecule has 0 aliphatic heterocycles. The molecular weight excluding hydrogens is 496 g/mol. The summed E-state index contributed by atoms with van der Waals surface area (Å²) >= 11 is 0. The van der Waals surface area contributed by atoms with Crippen molar-refractivity contribution in [3.8, 4) is 34.5 Å². The summed E-state index contributed by atoms with van der Waals surface area (Å²) in [5, 5.41) is 0. The molecule has 0 heterocycles. The van der Waals surface area contributed by atoms with Crippen molar-refractivity contribution in [2.45, 2.75) is 32.6 Å². The molecule has 7 heteroatoms. The highest BCUT2D eigenvalue weighted by molar-refractivity contribution is 5.69. The van der Waals surface area contributed by atoms with Crippen molar-refractivity contribution < 1.29 is 33.3 Å². The van der Waals surface area contributed by atoms with Crippen molar-refractivity contribution in [1.29, 1.82) is 0 Å². The van der Waals surface area contributed by atoms with Gasteiger partial charge >= 0.3 is 12.1 Å². The number of hydrogen-bond donors (Lipinski definition) is 0. The number of methoxy groups -OCH3 is 1. The van der Waals surface area contributed by atoms with Crippen molar-refractivity contribution in [3.05, 3.63) is 108 Å². The van der Waals surface area contributed by atoms with E-state index < -0.39 is 6.16 Å². The van der Waals surface area contributed by atoms with Gasteiger partial charge in [0.1, 0.15) is 34.5 Å². The van der Waals surface area contributed by atoms with Crippen LogP contribution < -0.4 is 23.7 Å². The average molecular weight is 527 g/mol. The molecule has 1 unspecified atom stereocenters. The normalized spacial score (nSPS) is 12.1. The van der Waals surface area contributed by atoms with Crippen LogP contribution in [0.15, 0.2) is 97.1 Å². The number of carbonyl (C=O) groups excluding carboxylic acids is 2. The highest BCUT2D eigenvalue weighted by Gasteiger charge is 2.27. The second kappa shape index (κ2) is 12.2. The molecule has 0 N–H and O–H groups in total. The van der Waals surface area contributed by atoms with Crippen LogP contribution >= 0.6 is 0 Å². The molecular formula is C32H30O7. The maximum Gasteiger partial charge on any atom is 0.519 e. The summed E-state index contributed by atoms with van der Waals surface area (Å²) in [6, 6.07) is 28.7. The van der Waals surface area contributed by atoms with Crippen molar-refractivity contribution >= 4 is 12.1 Å². The van der Waals surface area contributed by atoms with E-state index in [-0.39, 0.29) is 11.4 Å². The zero-order chi connectivity index (χ0) is 27.8. The lowest BCUT2D eigenvalue weighted by Gasteiger charge is -2.30. The SMILES string of the molecule is CCC(C)(c1ccc(OC)cc1)c1ccc(OC(=O)Oc2ccc(Oc3ccc(OC(C)=O)cc3)cc2)cc1. The highest BCUT2D eigenvalue weighted by atomic mass is 16.7. The van der Waals surface area contributed by atoms with Crippen LogP contribution in [0, 0.1) is 0 Å². The summed E-state index contributed by atoms with van der Waals surface area (Å²) in [5.74, 6) is 2.66. The summed E-state index contributed by atoms with van der Waals surface area (Å²) in [6.07, 6.45) is 0.0480. The predicted octanol–water partition coefficient (Wildman–Crippen LogP) is 7.71. The smallest absolute Gasteiger partial charge is 0.497 e. The average Bonchev–Trinajstić information content (AvgIpc) is 2.95. The third kappa shape index (κ3) is 6.96. The van der Waals surface area contributed by atoms with E-state index in [4.69, 9.17) is 23.7 Å². The number of hydrogen-bond acceptors (Lipinski definition) is 7. The van der Waals surface area contributed by atoms with Crippen LogP contribution in [-0.4, -0.2) is 19.2 Å². The van der Waals surface area contributed by atoms with Gasteiger partial charge < -0.3 is 23.7 Å². The Balaban J connectivity index is 1.33. The van der Waals surface area contributed by atoms with Crippen molar-refractivity contribution in [1.82, 2.24) is 0 Å². The van der Waals surface area contributed by atoms with E-state index in [0.29, 0.717) is 28.7 Å². The molecule has 1 atom stereocenters. The van der Waals surface area contributed by atoms with Crippen molar-refractivity contribution in [3.63, 3.8) is 0 Å². The minimum absolute atomic E-state index is 0.209. The monoisotopic (exact) mass is 526 g/mol. The molecule has 4 aromatic rings. The van der Waals surface area contributed by atoms with Crippen LogP contribution in [0.3, 0.4) is 0 Å². The third-order valence-electron chi connectivity index (χ3n) is 6.47. The first-order valence-electron chi connectivity index (χ1n) is 12.5. The van der Waals surface area contributed by atoms with Gasteiger partial charge in [0, 0.05) is 12.3 Å². The minimum atomic E-state index is -0.842. The number of ether oxygens (including phenoxy) is 5. The largest absolute Gasteiger partial charge is 0.519 e. The first-order chi connectivity index (χ1) is 18.8. The van der Waals surface area contributed by atoms with Gasteiger partial charge in [-0.05, 0) is 90.3 Å². The Kier molecular flexibility index (Phi) is 8.51. The maximum atomic E-state index is 12.4. The van der Waals surface area contributed by atoms with Crippen LogP contribution in [0.25, 0.3) is 0 Å². The molecule has 0 bridgehead atoms. The molecule has 0 aliphatic carbocycles. The highest BCUT2D eigenvalue weighted by Crippen LogP contribution is 2.36. The number of carbonyl (C=O) groups is 2. The molecule has 0 aliphatic rings. The molecule has 0 aromatic heterocycles. The van der Waals surface area contributed by atoms with E-state index in [1.807, 2.05) is 24.3 Å². The van der Waals surface area contributed by atoms with Crippen LogP contribution in [-0.2, 0) is 10.2 Å². The second-order valence-corrected chi connectivity index (χ2v) is 9.03. The van der Waals surface area contributed by atoms with Gasteiger partial charge in [-0.25, -0.2) is 4.79 Å². The van der Waals surface area contributed by atoms with Gasteiger partial charge in [-0.1, -0.05) is 38.1 Å². The van der Waals surface area contributed by atoms with E-state index in [2.05, 4.69) is 26.0 Å². The lowest BCUT2D eigenvalue weighted by atomic mass is 9.74. The molecule has 0 spiro atoms. The summed E-state index contributed by atoms with van der Waals surface area (Å²) in [4.78, 5) is 23.4. The van der Waals surface area contributed by atoms with Gasteiger partial charge in [-0.3, -0.25) is 4.79 Å². The van der Waals surface area contributed by atoms with Crippen molar-refractivity contribution in [2.24, 2.45) is 0 Å². The van der Waals surface area contributed by atoms with E-state index in [1.165, 1.54) is 12.5 Å². The Morgan fingerprint density at radius 1 is 0.590 bits per heavy atom. The van der Waals surface area contributed by atoms with E-state index >= 15 is 0 Å². The molecule has 39 heavy (non-hydrogen) atoms. The lowest BCUT2D eigenvalue weighted by molar-refractivity contribution is -0.131. The van der Waals surface area contributed by atoms with Gasteiger partial charge in [-0.2, -0.15) is 0 Å². The van der Waals surface area contributed by atoms with E-state index in [0.717, 1.165) is 17.7 Å². The standard InChI is InChI=1S/C32H30O7/c1-5-32(3,23-6-10-25(35-4)11-7-23)24-8-12-29(13-9-24)38-31(34)39-30-20-18-28(19-21-30)37-27-16-14-26(15-17-27)36-22(2)33/h6-21H,5H2,1-4H3. The molecule has 0 radical (unpaired) electrons. The molecule has 0 amide bonds. The summed E-state index contributed by atoms with van der Waals surface area (Å²) in [5.41, 5.74) is 2.07. The molecule has 0 fully saturated rings. The van der Waals surface area contributed by atoms with Crippen LogP contribution in [0.1, 0.15) is 38.3 Å². The first-order valence-corrected chi connectivity index (χ1v) is 12.5. The fraction of sp³-hybridized carbons (Fsp3) is 0.188. The van der Waals surface area contributed by atoms with Crippen LogP contribution in [0.5, 0.6) is 34.5 Å². The number of benzene rings is 4. The molecule has 7 nitrogen and oxygen atoms in total. The third-order valence-corrected chi connectivity index (χ3v) is 6.47. The summed E-state index contributed by atoms with van der Waals surface area (Å²) in [7, 11) is 1.65. The van der Waals surface area contributed by atoms with Crippen LogP contribution in [0.4, 0.5) is 4.79 Å². The molecule has 4 aromatic carbocycles. The summed E-state index contributed by atoms with van der Waals surface area (Å²) in [6.45, 7) is 5.67. The Bertz CT molecular complexity index is 1390. The maximum absolute atomic E-state index is 12.4. The fourth-order valence-corrected chi connectivity index (χ4v) is 4.09. The van der Waals surface area contributed by atoms with Crippen molar-refractivity contribution in [2.75, 3.05) is 7.11 Å². The number of esters is 1. The molecule has 0 saturated carbocycles. The summed E-state index contributed by atoms with van der Waals surface area (Å²) < 4.78 is 26.7. The van der Waals surface area contributed by atoms with Gasteiger partial charge in [-0.15, -0.1) is 0 Å². The fourth-order valence-electron chi connectivity index (χ4n) is 4.09. The number of rotatable bonds is 9. The Hall–Kier alpha value is -4.78. The van der Waals surface area contributed by atoms with Gasteiger partial charge in [0.15, 0.2) is 0 Å². The quantitative estimate of drug-likeness (QED) is 0.126. The van der Waals surface area contributed by atoms with E-state index in [9.17, 15) is 9.59 Å².